The van der Waals surface area contributed by atoms with Crippen LogP contribution in [0.15, 0.2) is 17.8 Å². The number of hydrazone groups is 1. The lowest BCUT2D eigenvalue weighted by molar-refractivity contribution is 0.0131. The van der Waals surface area contributed by atoms with Gasteiger partial charge in [-0.25, -0.2) is 4.79 Å². The summed E-state index contributed by atoms with van der Waals surface area (Å²) in [5, 5.41) is 12.5. The second-order valence-corrected chi connectivity index (χ2v) is 8.91. The molecule has 144 valence electrons. The van der Waals surface area contributed by atoms with E-state index in [0.717, 1.165) is 44.3 Å². The Labute approximate surface area is 157 Å². The topological polar surface area (TPSA) is 71.2 Å². The molecule has 0 saturated carbocycles. The van der Waals surface area contributed by atoms with E-state index in [-0.39, 0.29) is 11.6 Å². The lowest BCUT2D eigenvalue weighted by Crippen LogP contribution is -2.45. The van der Waals surface area contributed by atoms with Gasteiger partial charge in [-0.05, 0) is 77.8 Å². The smallest absolute Gasteiger partial charge is 0.410 e. The molecule has 25 heavy (non-hydrogen) atoms. The van der Waals surface area contributed by atoms with Crippen molar-refractivity contribution >= 4 is 23.1 Å². The fourth-order valence-corrected chi connectivity index (χ4v) is 3.44. The van der Waals surface area contributed by atoms with Crippen LogP contribution in [0.4, 0.5) is 4.79 Å². The van der Waals surface area contributed by atoms with E-state index in [0.29, 0.717) is 11.0 Å². The average molecular weight is 371 g/mol. The molecule has 1 atom stereocenters. The van der Waals surface area contributed by atoms with E-state index in [1.54, 1.807) is 6.08 Å². The molecule has 1 fully saturated rings. The van der Waals surface area contributed by atoms with Crippen LogP contribution in [-0.4, -0.2) is 52.3 Å². The summed E-state index contributed by atoms with van der Waals surface area (Å²) in [6, 6.07) is 0. The van der Waals surface area contributed by atoms with Crippen LogP contribution in [-0.2, 0) is 4.74 Å². The zero-order chi connectivity index (χ0) is 19.3. The lowest BCUT2D eigenvalue weighted by atomic mass is 9.93. The quantitative estimate of drug-likeness (QED) is 0.333. The number of hydrogen-bond acceptors (Lipinski definition) is 6. The zero-order valence-corrected chi connectivity index (χ0v) is 17.4. The number of nitrogens with two attached hydrogens (primary N) is 1. The van der Waals surface area contributed by atoms with Crippen LogP contribution in [0, 0.1) is 5.92 Å². The third-order valence-corrected chi connectivity index (χ3v) is 4.72. The van der Waals surface area contributed by atoms with Crippen molar-refractivity contribution in [1.29, 1.82) is 0 Å². The van der Waals surface area contributed by atoms with Gasteiger partial charge < -0.3 is 9.64 Å². The maximum absolute atomic E-state index is 12.4. The highest BCUT2D eigenvalue weighted by molar-refractivity contribution is 8.12. The molecular weight excluding hydrogens is 336 g/mol. The van der Waals surface area contributed by atoms with Crippen LogP contribution in [0.1, 0.15) is 53.9 Å². The van der Waals surface area contributed by atoms with E-state index in [4.69, 9.17) is 9.88 Å². The number of carbonyl (C=O) groups excluding carboxylic acids is 1. The molecule has 2 N–H and O–H groups in total. The van der Waals surface area contributed by atoms with Crippen LogP contribution < -0.4 is 5.14 Å². The van der Waals surface area contributed by atoms with E-state index in [9.17, 15) is 4.79 Å². The molecule has 0 aromatic carbocycles. The van der Waals surface area contributed by atoms with Crippen molar-refractivity contribution in [2.45, 2.75) is 65.0 Å². The predicted octanol–water partition coefficient (Wildman–Crippen LogP) is 3.84. The molecule has 6 nitrogen and oxygen atoms in total. The molecule has 1 aliphatic heterocycles. The normalized spacial score (nSPS) is 20.5. The van der Waals surface area contributed by atoms with Crippen LogP contribution in [0.2, 0.25) is 0 Å². The van der Waals surface area contributed by atoms with Crippen LogP contribution in [0.5, 0.6) is 0 Å². The summed E-state index contributed by atoms with van der Waals surface area (Å²) in [6.07, 6.45) is 4.51. The first-order valence-corrected chi connectivity index (χ1v) is 9.66. The maximum Gasteiger partial charge on any atom is 0.410 e. The van der Waals surface area contributed by atoms with Gasteiger partial charge in [0.25, 0.3) is 0 Å². The largest absolute Gasteiger partial charge is 0.444 e. The van der Waals surface area contributed by atoms with Crippen molar-refractivity contribution in [1.82, 2.24) is 9.91 Å². The predicted molar refractivity (Wildman–Crippen MR) is 106 cm³/mol. The lowest BCUT2D eigenvalue weighted by Gasteiger charge is -2.33. The van der Waals surface area contributed by atoms with Gasteiger partial charge in [-0.3, -0.25) is 10.1 Å². The number of ether oxygens (including phenoxy) is 1. The van der Waals surface area contributed by atoms with E-state index in [1.807, 2.05) is 37.7 Å². The first-order valence-electron chi connectivity index (χ1n) is 8.78. The Morgan fingerprint density at radius 3 is 2.68 bits per heavy atom. The zero-order valence-electron chi connectivity index (χ0n) is 16.5. The molecular formula is C18H34N4O2S. The molecule has 0 aromatic rings. The van der Waals surface area contributed by atoms with Gasteiger partial charge in [0.2, 0.25) is 0 Å². The van der Waals surface area contributed by atoms with E-state index in [1.165, 1.54) is 0 Å². The summed E-state index contributed by atoms with van der Waals surface area (Å²) in [6.45, 7) is 15.2. The molecule has 0 bridgehead atoms. The summed E-state index contributed by atoms with van der Waals surface area (Å²) in [4.78, 5) is 14.3. The van der Waals surface area contributed by atoms with Gasteiger partial charge in [-0.15, -0.1) is 0 Å². The number of carbonyl (C=O) groups is 1. The van der Waals surface area contributed by atoms with Gasteiger partial charge in [0, 0.05) is 25.7 Å². The molecule has 0 aliphatic carbocycles. The summed E-state index contributed by atoms with van der Waals surface area (Å²) in [7, 11) is 1.94. The summed E-state index contributed by atoms with van der Waals surface area (Å²) in [5.41, 5.74) is -0.626. The number of nitrogens with zero attached hydrogens (tertiary/aromatic N) is 3. The summed E-state index contributed by atoms with van der Waals surface area (Å²) >= 11 is 1.10. The SMILES string of the molecule is C=C/C(=N\N(C)CCCC1CN(C(=O)OC(C)(C)C)C(C)(C)C1)SN. The van der Waals surface area contributed by atoms with Gasteiger partial charge in [-0.1, -0.05) is 6.58 Å². The van der Waals surface area contributed by atoms with Crippen molar-refractivity contribution in [3.8, 4) is 0 Å². The average Bonchev–Trinajstić information content (AvgIpc) is 2.77. The number of hydrogen-bond donors (Lipinski definition) is 1. The fraction of sp³-hybridized carbons (Fsp3) is 0.778. The Kier molecular flexibility index (Phi) is 7.81. The third-order valence-electron chi connectivity index (χ3n) is 4.23. The van der Waals surface area contributed by atoms with Crippen molar-refractivity contribution in [3.63, 3.8) is 0 Å². The Bertz CT molecular complexity index is 500. The molecule has 0 radical (unpaired) electrons. The molecule has 1 aliphatic rings. The van der Waals surface area contributed by atoms with Gasteiger partial charge in [-0.2, -0.15) is 5.10 Å². The van der Waals surface area contributed by atoms with E-state index < -0.39 is 5.60 Å². The molecule has 1 saturated heterocycles. The summed E-state index contributed by atoms with van der Waals surface area (Å²) in [5.74, 6) is 0.489. The molecule has 1 amide bonds. The minimum Gasteiger partial charge on any atom is -0.444 e. The van der Waals surface area contributed by atoms with Gasteiger partial charge >= 0.3 is 6.09 Å². The highest BCUT2D eigenvalue weighted by Crippen LogP contribution is 2.36. The van der Waals surface area contributed by atoms with Gasteiger partial charge in [0.05, 0.1) is 0 Å². The van der Waals surface area contributed by atoms with Gasteiger partial charge in [0.1, 0.15) is 10.6 Å². The Morgan fingerprint density at radius 2 is 2.16 bits per heavy atom. The van der Waals surface area contributed by atoms with Crippen molar-refractivity contribution in [2.24, 2.45) is 16.2 Å². The Balaban J connectivity index is 2.51. The third kappa shape index (κ3) is 7.28. The second kappa shape index (κ2) is 8.94. The monoisotopic (exact) mass is 370 g/mol. The van der Waals surface area contributed by atoms with Crippen LogP contribution in [0.25, 0.3) is 0 Å². The number of likely N-dealkylation sites (tertiary alicyclic amines) is 1. The molecule has 1 unspecified atom stereocenters. The molecule has 0 aromatic heterocycles. The first kappa shape index (κ1) is 21.8. The highest BCUT2D eigenvalue weighted by atomic mass is 32.2. The molecule has 1 rings (SSSR count). The molecule has 0 spiro atoms. The summed E-state index contributed by atoms with van der Waals surface area (Å²) < 4.78 is 5.55. The molecule has 1 heterocycles. The maximum atomic E-state index is 12.4. The minimum absolute atomic E-state index is 0.163. The van der Waals surface area contributed by atoms with Gasteiger partial charge in [0.15, 0.2) is 0 Å². The van der Waals surface area contributed by atoms with E-state index in [2.05, 4.69) is 25.5 Å². The standard InChI is InChI=1S/C18H34N4O2S/c1-8-15(25-19)20-21(7)11-9-10-14-12-18(5,6)22(13-14)16(23)24-17(2,3)4/h8,14H,1,9-13,19H2,2-7H3/b20-15+. The first-order chi connectivity index (χ1) is 11.5. The second-order valence-electron chi connectivity index (χ2n) is 8.26. The number of rotatable bonds is 6. The van der Waals surface area contributed by atoms with Crippen LogP contribution >= 0.6 is 11.9 Å². The van der Waals surface area contributed by atoms with E-state index >= 15 is 0 Å². The van der Waals surface area contributed by atoms with Crippen LogP contribution in [0.3, 0.4) is 0 Å². The van der Waals surface area contributed by atoms with Crippen molar-refractivity contribution in [2.75, 3.05) is 20.1 Å². The Morgan fingerprint density at radius 1 is 1.52 bits per heavy atom. The number of amides is 1. The fourth-order valence-electron chi connectivity index (χ4n) is 3.16. The minimum atomic E-state index is -0.462. The Hall–Kier alpha value is -1.21. The van der Waals surface area contributed by atoms with Crippen molar-refractivity contribution < 1.29 is 9.53 Å². The molecule has 7 heteroatoms. The highest BCUT2D eigenvalue weighted by Gasteiger charge is 2.42. The van der Waals surface area contributed by atoms with Crippen molar-refractivity contribution in [3.05, 3.63) is 12.7 Å².